The molecule has 68 heavy (non-hydrogen) atoms. The van der Waals surface area contributed by atoms with E-state index in [1.165, 1.54) is 4.90 Å². The standard InChI is InChI=1S/C51H63ClN8O7S/c1-29-44(51(7,8)46(29)67-38-15-13-35(23-53)39(52)22-38)58-47(63)36-14-16-41(54-24-36)59-19-17-32(18-20-59)26-66-27-42(62)57-45(50(4,5)6)49(65)60-25-37(61)21-40(60)48(64)56-30(2)33-9-11-34(12-10-33)43-31(3)55-28-68-43/h9-16,22,24,28-30,32,37,40,44-46,61H,17-21,25-27H2,1-8H3,(H,56,64)(H,57,62)(H,58,63)/t29?,30-,37+,40-,44+,45+,46+/m0/s1. The number of benzene rings is 2. The number of likely N-dealkylation sites (tertiary alicyclic amines) is 1. The molecule has 4 heterocycles. The maximum Gasteiger partial charge on any atom is 0.253 e. The molecule has 0 radical (unpaired) electrons. The van der Waals surface area contributed by atoms with E-state index in [2.05, 4.69) is 50.7 Å². The third kappa shape index (κ3) is 11.3. The van der Waals surface area contributed by atoms with Gasteiger partial charge in [0.25, 0.3) is 5.91 Å². The molecule has 1 unspecified atom stereocenters. The number of nitrogens with one attached hydrogen (secondary N) is 3. The number of halogens is 1. The second-order valence-electron chi connectivity index (χ2n) is 20.2. The number of aliphatic hydroxyl groups is 1. The minimum absolute atomic E-state index is 0.0177. The Kier molecular flexibility index (Phi) is 15.5. The smallest absolute Gasteiger partial charge is 0.253 e. The molecule has 4 N–H and O–H groups in total. The van der Waals surface area contributed by atoms with Crippen LogP contribution in [0.15, 0.2) is 66.3 Å². The van der Waals surface area contributed by atoms with Crippen LogP contribution in [0.1, 0.15) is 101 Å². The number of aliphatic hydroxyl groups excluding tert-OH is 1. The number of hydrogen-bond donors (Lipinski definition) is 4. The van der Waals surface area contributed by atoms with Crippen LogP contribution >= 0.6 is 22.9 Å². The van der Waals surface area contributed by atoms with Crippen molar-refractivity contribution in [3.63, 3.8) is 0 Å². The molecule has 4 aromatic rings. The summed E-state index contributed by atoms with van der Waals surface area (Å²) in [6, 6.07) is 16.3. The highest BCUT2D eigenvalue weighted by molar-refractivity contribution is 7.13. The van der Waals surface area contributed by atoms with Crippen molar-refractivity contribution >= 4 is 52.4 Å². The van der Waals surface area contributed by atoms with Crippen LogP contribution in [0.5, 0.6) is 5.75 Å². The minimum atomic E-state index is -0.963. The van der Waals surface area contributed by atoms with Crippen molar-refractivity contribution in [2.45, 2.75) is 111 Å². The summed E-state index contributed by atoms with van der Waals surface area (Å²) in [5.74, 6) is 0.145. The SMILES string of the molecule is Cc1ncsc1-c1ccc([C@H](C)NC(=O)[C@@H]2C[C@@H](O)CN2C(=O)[C@@H](NC(=O)COCC2CCN(c3ccc(C(=O)N[C@@H]4C(C)[C@@H](Oc5ccc(C#N)c(Cl)c5)C4(C)C)cn3)CC2)C(C)(C)C)cc1. The Bertz CT molecular complexity index is 2500. The first-order valence-corrected chi connectivity index (χ1v) is 24.6. The van der Waals surface area contributed by atoms with Gasteiger partial charge in [0.05, 0.1) is 51.0 Å². The van der Waals surface area contributed by atoms with E-state index in [1.807, 2.05) is 77.4 Å². The molecule has 7 atom stereocenters. The Morgan fingerprint density at radius 2 is 1.76 bits per heavy atom. The van der Waals surface area contributed by atoms with E-state index in [0.717, 1.165) is 53.4 Å². The van der Waals surface area contributed by atoms with Gasteiger partial charge in [-0.15, -0.1) is 11.3 Å². The Morgan fingerprint density at radius 1 is 1.04 bits per heavy atom. The number of anilines is 1. The maximum atomic E-state index is 14.2. The summed E-state index contributed by atoms with van der Waals surface area (Å²) in [6.45, 7) is 17.1. The molecule has 2 aromatic carbocycles. The fourth-order valence-corrected chi connectivity index (χ4v) is 10.8. The molecule has 4 amide bonds. The van der Waals surface area contributed by atoms with Gasteiger partial charge in [-0.2, -0.15) is 5.26 Å². The molecular formula is C51H63ClN8O7S. The third-order valence-electron chi connectivity index (χ3n) is 13.7. The molecule has 2 aromatic heterocycles. The number of β-amino-alcohol motifs (C(OH)–C–C–N with tert-alkyl or cyclic N) is 1. The van der Waals surface area contributed by atoms with Crippen LogP contribution in [0.2, 0.25) is 5.02 Å². The van der Waals surface area contributed by atoms with Gasteiger partial charge in [0.2, 0.25) is 17.7 Å². The quantitative estimate of drug-likeness (QED) is 0.0971. The van der Waals surface area contributed by atoms with E-state index in [0.29, 0.717) is 28.5 Å². The van der Waals surface area contributed by atoms with Gasteiger partial charge in [-0.05, 0) is 73.4 Å². The van der Waals surface area contributed by atoms with Gasteiger partial charge in [0.1, 0.15) is 42.4 Å². The van der Waals surface area contributed by atoms with Crippen LogP contribution in [-0.4, -0.2) is 107 Å². The first-order valence-electron chi connectivity index (χ1n) is 23.3. The number of piperidine rings is 1. The Labute approximate surface area is 408 Å². The predicted octanol–water partition coefficient (Wildman–Crippen LogP) is 6.86. The van der Waals surface area contributed by atoms with Crippen LogP contribution in [0.3, 0.4) is 0 Å². The lowest BCUT2D eigenvalue weighted by molar-refractivity contribution is -0.144. The lowest BCUT2D eigenvalue weighted by Crippen LogP contribution is -2.69. The molecule has 1 aliphatic carbocycles. The number of ether oxygens (including phenoxy) is 2. The number of hydrogen-bond acceptors (Lipinski definition) is 12. The highest BCUT2D eigenvalue weighted by Crippen LogP contribution is 2.48. The predicted molar refractivity (Wildman–Crippen MR) is 261 cm³/mol. The van der Waals surface area contributed by atoms with Crippen molar-refractivity contribution in [3.05, 3.63) is 93.7 Å². The zero-order valence-electron chi connectivity index (χ0n) is 40.0. The number of pyridine rings is 1. The number of nitriles is 1. The molecule has 362 valence electrons. The van der Waals surface area contributed by atoms with Gasteiger partial charge in [0.15, 0.2) is 0 Å². The summed E-state index contributed by atoms with van der Waals surface area (Å²) < 4.78 is 12.2. The highest BCUT2D eigenvalue weighted by atomic mass is 35.5. The van der Waals surface area contributed by atoms with Crippen molar-refractivity contribution in [2.75, 3.05) is 37.7 Å². The number of aryl methyl sites for hydroxylation is 1. The summed E-state index contributed by atoms with van der Waals surface area (Å²) in [7, 11) is 0. The molecule has 2 aliphatic heterocycles. The van der Waals surface area contributed by atoms with Gasteiger partial charge in [0, 0.05) is 55.7 Å². The molecule has 3 fully saturated rings. The topological polar surface area (TPSA) is 199 Å². The van der Waals surface area contributed by atoms with Crippen LogP contribution in [0, 0.1) is 40.9 Å². The first kappa shape index (κ1) is 50.3. The molecule has 0 bridgehead atoms. The van der Waals surface area contributed by atoms with Crippen LogP contribution in [-0.2, 0) is 19.1 Å². The summed E-state index contributed by atoms with van der Waals surface area (Å²) >= 11 is 7.79. The molecule has 17 heteroatoms. The first-order chi connectivity index (χ1) is 32.2. The summed E-state index contributed by atoms with van der Waals surface area (Å²) in [5.41, 5.74) is 4.50. The van der Waals surface area contributed by atoms with Crippen molar-refractivity contribution in [1.29, 1.82) is 5.26 Å². The van der Waals surface area contributed by atoms with Crippen LogP contribution < -0.4 is 25.6 Å². The number of amides is 4. The molecule has 3 aliphatic rings. The number of nitrogens with zero attached hydrogens (tertiary/aromatic N) is 5. The summed E-state index contributed by atoms with van der Waals surface area (Å²) in [6.07, 6.45) is 2.28. The maximum absolute atomic E-state index is 14.2. The van der Waals surface area contributed by atoms with Crippen molar-refractivity contribution in [3.8, 4) is 22.3 Å². The largest absolute Gasteiger partial charge is 0.489 e. The fourth-order valence-electron chi connectivity index (χ4n) is 9.77. The summed E-state index contributed by atoms with van der Waals surface area (Å²) in [4.78, 5) is 68.1. The van der Waals surface area contributed by atoms with E-state index in [-0.39, 0.29) is 66.8 Å². The number of carbonyl (C=O) groups is 4. The van der Waals surface area contributed by atoms with Gasteiger partial charge >= 0.3 is 0 Å². The van der Waals surface area contributed by atoms with E-state index in [1.54, 1.807) is 41.8 Å². The van der Waals surface area contributed by atoms with Crippen molar-refractivity contribution in [2.24, 2.45) is 22.7 Å². The molecule has 0 spiro atoms. The van der Waals surface area contributed by atoms with Crippen molar-refractivity contribution in [1.82, 2.24) is 30.8 Å². The summed E-state index contributed by atoms with van der Waals surface area (Å²) in [5, 5.41) is 29.3. The zero-order chi connectivity index (χ0) is 49.1. The van der Waals surface area contributed by atoms with Crippen LogP contribution in [0.4, 0.5) is 5.82 Å². The van der Waals surface area contributed by atoms with Crippen LogP contribution in [0.25, 0.3) is 10.4 Å². The Morgan fingerprint density at radius 3 is 2.37 bits per heavy atom. The van der Waals surface area contributed by atoms with E-state index in [4.69, 9.17) is 21.1 Å². The third-order valence-corrected chi connectivity index (χ3v) is 15.0. The number of aromatic nitrogens is 2. The van der Waals surface area contributed by atoms with Gasteiger partial charge in [-0.3, -0.25) is 19.2 Å². The average Bonchev–Trinajstić information content (AvgIpc) is 3.93. The fraction of sp³-hybridized carbons (Fsp3) is 0.510. The van der Waals surface area contributed by atoms with Gasteiger partial charge in [-0.1, -0.05) is 77.4 Å². The van der Waals surface area contributed by atoms with Gasteiger partial charge in [-0.25, -0.2) is 9.97 Å². The Hall–Kier alpha value is -5.60. The van der Waals surface area contributed by atoms with Crippen molar-refractivity contribution < 1.29 is 33.8 Å². The lowest BCUT2D eigenvalue weighted by Gasteiger charge is -2.56. The minimum Gasteiger partial charge on any atom is -0.489 e. The van der Waals surface area contributed by atoms with E-state index in [9.17, 15) is 29.5 Å². The second-order valence-corrected chi connectivity index (χ2v) is 21.4. The molecule has 2 saturated heterocycles. The number of rotatable bonds is 15. The van der Waals surface area contributed by atoms with Gasteiger partial charge < -0.3 is 40.3 Å². The number of thiazole rings is 1. The van der Waals surface area contributed by atoms with E-state index >= 15 is 0 Å². The normalized spacial score (nSPS) is 22.3. The lowest BCUT2D eigenvalue weighted by atomic mass is 9.57. The average molecular weight is 968 g/mol. The molecule has 7 rings (SSSR count). The number of carbonyl (C=O) groups excluding carboxylic acids is 4. The monoisotopic (exact) mass is 966 g/mol. The Balaban J connectivity index is 0.842. The highest BCUT2D eigenvalue weighted by Gasteiger charge is 2.57. The second kappa shape index (κ2) is 21.0. The molecular weight excluding hydrogens is 904 g/mol. The zero-order valence-corrected chi connectivity index (χ0v) is 41.6. The molecule has 15 nitrogen and oxygen atoms in total. The molecule has 1 saturated carbocycles. The van der Waals surface area contributed by atoms with E-state index < -0.39 is 35.4 Å².